The van der Waals surface area contributed by atoms with E-state index >= 15 is 0 Å². The monoisotopic (exact) mass is 194 g/mol. The normalized spacial score (nSPS) is 12.4. The lowest BCUT2D eigenvalue weighted by Crippen LogP contribution is -2.19. The number of hydrogen-bond acceptors (Lipinski definition) is 2. The van der Waals surface area contributed by atoms with Crippen molar-refractivity contribution in [2.45, 2.75) is 26.6 Å². The fraction of sp³-hybridized carbons (Fsp3) is 0.364. The summed E-state index contributed by atoms with van der Waals surface area (Å²) in [4.78, 5) is 10.5. The second-order valence-electron chi connectivity index (χ2n) is 3.22. The van der Waals surface area contributed by atoms with E-state index in [2.05, 4.69) is 0 Å². The Hall–Kier alpha value is -1.35. The summed E-state index contributed by atoms with van der Waals surface area (Å²) in [7, 11) is 0. The molecule has 0 saturated heterocycles. The first-order chi connectivity index (χ1) is 6.61. The van der Waals surface area contributed by atoms with Crippen LogP contribution in [0.4, 0.5) is 0 Å². The van der Waals surface area contributed by atoms with Crippen LogP contribution >= 0.6 is 0 Å². The van der Waals surface area contributed by atoms with E-state index < -0.39 is 12.1 Å². The van der Waals surface area contributed by atoms with Crippen molar-refractivity contribution in [1.82, 2.24) is 0 Å². The molecule has 0 aliphatic heterocycles. The first-order valence-electron chi connectivity index (χ1n) is 4.50. The number of hydrogen-bond donors (Lipinski definition) is 1. The summed E-state index contributed by atoms with van der Waals surface area (Å²) in [6, 6.07) is 7.77. The number of carboxylic acids is 1. The van der Waals surface area contributed by atoms with Gasteiger partial charge in [0.2, 0.25) is 0 Å². The molecule has 0 saturated carbocycles. The highest BCUT2D eigenvalue weighted by molar-refractivity contribution is 5.71. The maximum atomic E-state index is 10.5. The van der Waals surface area contributed by atoms with Crippen LogP contribution in [-0.2, 0) is 16.1 Å². The Morgan fingerprint density at radius 1 is 1.50 bits per heavy atom. The van der Waals surface area contributed by atoms with Crippen molar-refractivity contribution in [2.24, 2.45) is 0 Å². The van der Waals surface area contributed by atoms with Crippen molar-refractivity contribution in [2.75, 3.05) is 0 Å². The minimum atomic E-state index is -0.932. The average Bonchev–Trinajstić information content (AvgIpc) is 2.16. The molecule has 0 fully saturated rings. The molecule has 1 rings (SSSR count). The predicted molar refractivity (Wildman–Crippen MR) is 53.1 cm³/mol. The van der Waals surface area contributed by atoms with Crippen LogP contribution in [0.25, 0.3) is 0 Å². The number of carbonyl (C=O) groups is 1. The second-order valence-corrected chi connectivity index (χ2v) is 3.22. The van der Waals surface area contributed by atoms with E-state index in [4.69, 9.17) is 9.84 Å². The Labute approximate surface area is 83.3 Å². The highest BCUT2D eigenvalue weighted by Crippen LogP contribution is 2.09. The lowest BCUT2D eigenvalue weighted by molar-refractivity contribution is -0.149. The van der Waals surface area contributed by atoms with E-state index in [9.17, 15) is 4.79 Å². The van der Waals surface area contributed by atoms with Crippen molar-refractivity contribution >= 4 is 5.97 Å². The molecule has 3 nitrogen and oxygen atoms in total. The third-order valence-electron chi connectivity index (χ3n) is 2.10. The number of benzene rings is 1. The Kier molecular flexibility index (Phi) is 3.65. The summed E-state index contributed by atoms with van der Waals surface area (Å²) < 4.78 is 5.17. The molecule has 0 aromatic heterocycles. The molecular formula is C11H14O3. The minimum Gasteiger partial charge on any atom is -0.479 e. The molecule has 1 aromatic carbocycles. The van der Waals surface area contributed by atoms with Crippen LogP contribution in [0, 0.1) is 6.92 Å². The van der Waals surface area contributed by atoms with Gasteiger partial charge in [0.1, 0.15) is 0 Å². The zero-order valence-corrected chi connectivity index (χ0v) is 8.36. The van der Waals surface area contributed by atoms with Gasteiger partial charge in [-0.3, -0.25) is 0 Å². The van der Waals surface area contributed by atoms with Gasteiger partial charge in [-0.1, -0.05) is 24.3 Å². The number of aryl methyl sites for hydroxylation is 1. The Morgan fingerprint density at radius 3 is 2.71 bits per heavy atom. The molecule has 0 heterocycles. The smallest absolute Gasteiger partial charge is 0.332 e. The number of rotatable bonds is 4. The molecule has 0 radical (unpaired) electrons. The highest BCUT2D eigenvalue weighted by Gasteiger charge is 2.10. The fourth-order valence-corrected chi connectivity index (χ4v) is 1.06. The first kappa shape index (κ1) is 10.7. The van der Waals surface area contributed by atoms with Gasteiger partial charge in [-0.15, -0.1) is 0 Å². The second kappa shape index (κ2) is 4.77. The molecule has 1 aromatic rings. The molecule has 3 heteroatoms. The summed E-state index contributed by atoms with van der Waals surface area (Å²) in [6.07, 6.45) is -0.755. The number of ether oxygens (including phenoxy) is 1. The quantitative estimate of drug-likeness (QED) is 0.797. The molecule has 1 unspecified atom stereocenters. The Bertz CT molecular complexity index is 320. The van der Waals surface area contributed by atoms with Crippen molar-refractivity contribution in [3.63, 3.8) is 0 Å². The number of carboxylic acid groups (broad SMARTS) is 1. The van der Waals surface area contributed by atoms with Crippen molar-refractivity contribution < 1.29 is 14.6 Å². The largest absolute Gasteiger partial charge is 0.479 e. The van der Waals surface area contributed by atoms with Crippen LogP contribution in [-0.4, -0.2) is 17.2 Å². The Morgan fingerprint density at radius 2 is 2.14 bits per heavy atom. The molecule has 0 spiro atoms. The maximum Gasteiger partial charge on any atom is 0.332 e. The Balaban J connectivity index is 2.54. The van der Waals surface area contributed by atoms with Gasteiger partial charge < -0.3 is 9.84 Å². The molecule has 1 atom stereocenters. The van der Waals surface area contributed by atoms with Crippen LogP contribution in [0.15, 0.2) is 24.3 Å². The summed E-state index contributed by atoms with van der Waals surface area (Å²) in [5.74, 6) is -0.932. The van der Waals surface area contributed by atoms with E-state index in [0.29, 0.717) is 6.61 Å². The maximum absolute atomic E-state index is 10.5. The fourth-order valence-electron chi connectivity index (χ4n) is 1.06. The van der Waals surface area contributed by atoms with Crippen LogP contribution in [0.5, 0.6) is 0 Å². The molecule has 14 heavy (non-hydrogen) atoms. The van der Waals surface area contributed by atoms with Crippen LogP contribution in [0.1, 0.15) is 18.1 Å². The zero-order chi connectivity index (χ0) is 10.6. The predicted octanol–water partition coefficient (Wildman–Crippen LogP) is 1.98. The zero-order valence-electron chi connectivity index (χ0n) is 8.36. The van der Waals surface area contributed by atoms with Crippen LogP contribution < -0.4 is 0 Å². The van der Waals surface area contributed by atoms with Crippen molar-refractivity contribution in [3.05, 3.63) is 35.4 Å². The van der Waals surface area contributed by atoms with Gasteiger partial charge in [0, 0.05) is 0 Å². The van der Waals surface area contributed by atoms with Crippen molar-refractivity contribution in [1.29, 1.82) is 0 Å². The van der Waals surface area contributed by atoms with E-state index in [1.807, 2.05) is 31.2 Å². The van der Waals surface area contributed by atoms with Gasteiger partial charge in [-0.25, -0.2) is 4.79 Å². The summed E-state index contributed by atoms with van der Waals surface area (Å²) >= 11 is 0. The SMILES string of the molecule is Cc1ccccc1COC(C)C(=O)O. The third kappa shape index (κ3) is 2.85. The van der Waals surface area contributed by atoms with E-state index in [1.165, 1.54) is 6.92 Å². The molecule has 0 aliphatic rings. The van der Waals surface area contributed by atoms with Gasteiger partial charge in [0.15, 0.2) is 6.10 Å². The third-order valence-corrected chi connectivity index (χ3v) is 2.10. The average molecular weight is 194 g/mol. The van der Waals surface area contributed by atoms with Gasteiger partial charge in [0.25, 0.3) is 0 Å². The van der Waals surface area contributed by atoms with Gasteiger partial charge >= 0.3 is 5.97 Å². The highest BCUT2D eigenvalue weighted by atomic mass is 16.5. The number of aliphatic carboxylic acids is 1. The standard InChI is InChI=1S/C11H14O3/c1-8-5-3-4-6-10(8)7-14-9(2)11(12)13/h3-6,9H,7H2,1-2H3,(H,12,13). The van der Waals surface area contributed by atoms with Crippen LogP contribution in [0.3, 0.4) is 0 Å². The first-order valence-corrected chi connectivity index (χ1v) is 4.50. The van der Waals surface area contributed by atoms with E-state index in [-0.39, 0.29) is 0 Å². The lowest BCUT2D eigenvalue weighted by atomic mass is 10.1. The van der Waals surface area contributed by atoms with E-state index in [1.54, 1.807) is 0 Å². The minimum absolute atomic E-state index is 0.347. The lowest BCUT2D eigenvalue weighted by Gasteiger charge is -2.09. The molecule has 76 valence electrons. The van der Waals surface area contributed by atoms with Gasteiger partial charge in [0.05, 0.1) is 6.61 Å². The molecule has 0 aliphatic carbocycles. The van der Waals surface area contributed by atoms with Crippen LogP contribution in [0.2, 0.25) is 0 Å². The molecule has 1 N–H and O–H groups in total. The van der Waals surface area contributed by atoms with Gasteiger partial charge in [-0.2, -0.15) is 0 Å². The topological polar surface area (TPSA) is 46.5 Å². The van der Waals surface area contributed by atoms with E-state index in [0.717, 1.165) is 11.1 Å². The summed E-state index contributed by atoms with van der Waals surface area (Å²) in [6.45, 7) is 3.85. The molecule has 0 amide bonds. The summed E-state index contributed by atoms with van der Waals surface area (Å²) in [5, 5.41) is 8.60. The molecular weight excluding hydrogens is 180 g/mol. The molecule has 0 bridgehead atoms. The summed E-state index contributed by atoms with van der Waals surface area (Å²) in [5.41, 5.74) is 2.14. The van der Waals surface area contributed by atoms with Gasteiger partial charge in [-0.05, 0) is 25.0 Å². The van der Waals surface area contributed by atoms with Crippen molar-refractivity contribution in [3.8, 4) is 0 Å².